The van der Waals surface area contributed by atoms with Crippen molar-refractivity contribution in [2.75, 3.05) is 13.2 Å². The van der Waals surface area contributed by atoms with Crippen molar-refractivity contribution >= 4 is 23.6 Å². The molecule has 0 saturated carbocycles. The molecule has 1 aliphatic heterocycles. The van der Waals surface area contributed by atoms with E-state index < -0.39 is 18.5 Å². The molecule has 2 amide bonds. The maximum absolute atomic E-state index is 12.0. The van der Waals surface area contributed by atoms with E-state index in [0.717, 1.165) is 16.3 Å². The molecule has 2 aromatic heterocycles. The fraction of sp³-hybridized carbons (Fsp3) is 0.429. The van der Waals surface area contributed by atoms with Crippen molar-refractivity contribution in [2.24, 2.45) is 0 Å². The molecular formula is C14H15N5O4. The molecule has 0 spiro atoms. The maximum atomic E-state index is 12.0. The van der Waals surface area contributed by atoms with Crippen molar-refractivity contribution in [1.82, 2.24) is 24.5 Å². The molecule has 120 valence electrons. The summed E-state index contributed by atoms with van der Waals surface area (Å²) in [6.45, 7) is 3.48. The Labute approximate surface area is 131 Å². The van der Waals surface area contributed by atoms with Crippen molar-refractivity contribution in [3.05, 3.63) is 23.3 Å². The Bertz CT molecular complexity index is 813. The highest BCUT2D eigenvalue weighted by atomic mass is 16.5. The van der Waals surface area contributed by atoms with E-state index in [4.69, 9.17) is 4.74 Å². The molecule has 0 N–H and O–H groups in total. The molecule has 1 fully saturated rings. The summed E-state index contributed by atoms with van der Waals surface area (Å²) in [7, 11) is 0. The summed E-state index contributed by atoms with van der Waals surface area (Å²) in [5.41, 5.74) is 1.53. The highest BCUT2D eigenvalue weighted by Gasteiger charge is 2.27. The molecule has 1 aliphatic rings. The first kappa shape index (κ1) is 15.1. The number of nitrogens with zero attached hydrogens (tertiary/aromatic N) is 5. The van der Waals surface area contributed by atoms with Gasteiger partial charge in [0, 0.05) is 24.4 Å². The molecule has 0 atom stereocenters. The second-order valence-corrected chi connectivity index (χ2v) is 5.30. The van der Waals surface area contributed by atoms with E-state index >= 15 is 0 Å². The van der Waals surface area contributed by atoms with E-state index in [1.165, 1.54) is 4.52 Å². The van der Waals surface area contributed by atoms with Crippen LogP contribution in [0.1, 0.15) is 34.8 Å². The molecule has 9 heteroatoms. The van der Waals surface area contributed by atoms with Crippen LogP contribution >= 0.6 is 0 Å². The summed E-state index contributed by atoms with van der Waals surface area (Å²) < 4.78 is 6.33. The number of rotatable bonds is 3. The molecule has 9 nitrogen and oxygen atoms in total. The SMILES string of the molecule is Cc1cc(C)n2nc(C(=O)OCC(=O)N3CCCC3=O)nc2n1. The third kappa shape index (κ3) is 2.89. The van der Waals surface area contributed by atoms with Crippen molar-refractivity contribution in [1.29, 1.82) is 0 Å². The number of amides is 2. The highest BCUT2D eigenvalue weighted by molar-refractivity contribution is 5.98. The van der Waals surface area contributed by atoms with Crippen molar-refractivity contribution in [2.45, 2.75) is 26.7 Å². The Hall–Kier alpha value is -2.84. The molecule has 0 unspecified atom stereocenters. The van der Waals surface area contributed by atoms with Crippen LogP contribution in [0.2, 0.25) is 0 Å². The number of ether oxygens (including phenoxy) is 1. The van der Waals surface area contributed by atoms with E-state index in [9.17, 15) is 14.4 Å². The van der Waals surface area contributed by atoms with Gasteiger partial charge in [-0.15, -0.1) is 5.10 Å². The quantitative estimate of drug-likeness (QED) is 0.736. The first-order valence-corrected chi connectivity index (χ1v) is 7.17. The van der Waals surface area contributed by atoms with E-state index in [-0.39, 0.29) is 17.5 Å². The molecule has 0 bridgehead atoms. The average molecular weight is 317 g/mol. The Balaban J connectivity index is 1.70. The number of carbonyl (C=O) groups excluding carboxylic acids is 3. The van der Waals surface area contributed by atoms with Crippen LogP contribution in [0, 0.1) is 13.8 Å². The van der Waals surface area contributed by atoms with E-state index in [1.54, 1.807) is 6.07 Å². The first-order chi connectivity index (χ1) is 11.0. The molecule has 3 rings (SSSR count). The predicted octanol–water partition coefficient (Wildman–Crippen LogP) is 0.0469. The Kier molecular flexibility index (Phi) is 3.77. The maximum Gasteiger partial charge on any atom is 0.378 e. The molecule has 23 heavy (non-hydrogen) atoms. The minimum atomic E-state index is -0.826. The van der Waals surface area contributed by atoms with Crippen LogP contribution in [-0.2, 0) is 14.3 Å². The van der Waals surface area contributed by atoms with E-state index in [0.29, 0.717) is 19.4 Å². The average Bonchev–Trinajstić information content (AvgIpc) is 3.10. The van der Waals surface area contributed by atoms with Crippen molar-refractivity contribution in [3.8, 4) is 0 Å². The zero-order valence-corrected chi connectivity index (χ0v) is 12.8. The summed E-state index contributed by atoms with van der Waals surface area (Å²) in [5.74, 6) is -1.49. The van der Waals surface area contributed by atoms with Crippen LogP contribution in [0.15, 0.2) is 6.07 Å². The monoisotopic (exact) mass is 317 g/mol. The van der Waals surface area contributed by atoms with Gasteiger partial charge in [-0.05, 0) is 26.3 Å². The number of carbonyl (C=O) groups is 3. The Morgan fingerprint density at radius 3 is 2.78 bits per heavy atom. The van der Waals surface area contributed by atoms with Gasteiger partial charge in [0.2, 0.25) is 5.91 Å². The fourth-order valence-electron chi connectivity index (χ4n) is 2.43. The van der Waals surface area contributed by atoms with Gasteiger partial charge in [-0.25, -0.2) is 14.3 Å². The standard InChI is InChI=1S/C14H15N5O4/c1-8-6-9(2)19-14(15-8)16-12(17-19)13(22)23-7-11(21)18-5-3-4-10(18)20/h6H,3-5,7H2,1-2H3. The molecule has 0 aromatic carbocycles. The lowest BCUT2D eigenvalue weighted by atomic mass is 10.4. The van der Waals surface area contributed by atoms with Gasteiger partial charge in [-0.1, -0.05) is 0 Å². The number of esters is 1. The van der Waals surface area contributed by atoms with Crippen molar-refractivity contribution in [3.63, 3.8) is 0 Å². The third-order valence-electron chi connectivity index (χ3n) is 3.50. The number of likely N-dealkylation sites (tertiary alicyclic amines) is 1. The van der Waals surface area contributed by atoms with E-state index in [1.807, 2.05) is 13.8 Å². The first-order valence-electron chi connectivity index (χ1n) is 7.17. The van der Waals surface area contributed by atoms with Gasteiger partial charge < -0.3 is 4.74 Å². The van der Waals surface area contributed by atoms with Crippen LogP contribution in [0.25, 0.3) is 5.78 Å². The zero-order chi connectivity index (χ0) is 16.6. The molecule has 2 aromatic rings. The summed E-state index contributed by atoms with van der Waals surface area (Å²) in [5, 5.41) is 4.02. The lowest BCUT2D eigenvalue weighted by Crippen LogP contribution is -2.35. The summed E-state index contributed by atoms with van der Waals surface area (Å²) in [6, 6.07) is 1.80. The topological polar surface area (TPSA) is 107 Å². The summed E-state index contributed by atoms with van der Waals surface area (Å²) in [6.07, 6.45) is 0.981. The fourth-order valence-corrected chi connectivity index (χ4v) is 2.43. The summed E-state index contributed by atoms with van der Waals surface area (Å²) >= 11 is 0. The van der Waals surface area contributed by atoms with Crippen LogP contribution in [0.4, 0.5) is 0 Å². The number of fused-ring (bicyclic) bond motifs is 1. The summed E-state index contributed by atoms with van der Waals surface area (Å²) in [4.78, 5) is 44.5. The minimum absolute atomic E-state index is 0.174. The second-order valence-electron chi connectivity index (χ2n) is 5.30. The molecule has 0 aliphatic carbocycles. The molecule has 3 heterocycles. The third-order valence-corrected chi connectivity index (χ3v) is 3.50. The molecular weight excluding hydrogens is 302 g/mol. The lowest BCUT2D eigenvalue weighted by molar-refractivity contribution is -0.143. The minimum Gasteiger partial charge on any atom is -0.450 e. The van der Waals surface area contributed by atoms with Gasteiger partial charge in [0.1, 0.15) is 0 Å². The lowest BCUT2D eigenvalue weighted by Gasteiger charge is -2.12. The zero-order valence-electron chi connectivity index (χ0n) is 12.8. The number of hydrogen-bond acceptors (Lipinski definition) is 7. The Morgan fingerprint density at radius 1 is 1.30 bits per heavy atom. The van der Waals surface area contributed by atoms with Gasteiger partial charge in [-0.3, -0.25) is 14.5 Å². The van der Waals surface area contributed by atoms with Crippen LogP contribution in [0.5, 0.6) is 0 Å². The Morgan fingerprint density at radius 2 is 2.09 bits per heavy atom. The number of aryl methyl sites for hydroxylation is 2. The second kappa shape index (κ2) is 5.75. The van der Waals surface area contributed by atoms with Gasteiger partial charge in [0.15, 0.2) is 6.61 Å². The molecule has 0 radical (unpaired) electrons. The number of hydrogen-bond donors (Lipinski definition) is 0. The normalized spacial score (nSPS) is 14.5. The van der Waals surface area contributed by atoms with Crippen LogP contribution < -0.4 is 0 Å². The number of imide groups is 1. The van der Waals surface area contributed by atoms with Crippen LogP contribution in [-0.4, -0.2) is 55.4 Å². The van der Waals surface area contributed by atoms with Gasteiger partial charge in [0.25, 0.3) is 17.5 Å². The smallest absolute Gasteiger partial charge is 0.378 e. The van der Waals surface area contributed by atoms with Gasteiger partial charge >= 0.3 is 5.97 Å². The number of aromatic nitrogens is 4. The van der Waals surface area contributed by atoms with Crippen LogP contribution in [0.3, 0.4) is 0 Å². The largest absolute Gasteiger partial charge is 0.450 e. The van der Waals surface area contributed by atoms with Gasteiger partial charge in [0.05, 0.1) is 0 Å². The van der Waals surface area contributed by atoms with Gasteiger partial charge in [-0.2, -0.15) is 4.98 Å². The van der Waals surface area contributed by atoms with Crippen molar-refractivity contribution < 1.29 is 19.1 Å². The molecule has 1 saturated heterocycles. The highest BCUT2D eigenvalue weighted by Crippen LogP contribution is 2.10. The van der Waals surface area contributed by atoms with E-state index in [2.05, 4.69) is 15.1 Å². The predicted molar refractivity (Wildman–Crippen MR) is 76.5 cm³/mol.